The van der Waals surface area contributed by atoms with Crippen LogP contribution in [-0.2, 0) is 4.79 Å². The van der Waals surface area contributed by atoms with E-state index in [0.717, 1.165) is 15.7 Å². The fraction of sp³-hybridized carbons (Fsp3) is 0.333. The number of carbonyl (C=O) groups is 1. The van der Waals surface area contributed by atoms with Gasteiger partial charge in [0.05, 0.1) is 10.4 Å². The lowest BCUT2D eigenvalue weighted by Gasteiger charge is -2.22. The van der Waals surface area contributed by atoms with Gasteiger partial charge < -0.3 is 11.1 Å². The van der Waals surface area contributed by atoms with E-state index in [9.17, 15) is 4.79 Å². The fourth-order valence-corrected chi connectivity index (χ4v) is 1.54. The van der Waals surface area contributed by atoms with Crippen LogP contribution in [0.5, 0.6) is 0 Å². The van der Waals surface area contributed by atoms with Crippen LogP contribution in [0.4, 0.5) is 5.69 Å². The molecule has 1 amide bonds. The number of hydrogen-bond donors (Lipinski definition) is 2. The summed E-state index contributed by atoms with van der Waals surface area (Å²) in [6.07, 6.45) is 0. The van der Waals surface area contributed by atoms with Gasteiger partial charge in [0.25, 0.3) is 0 Å². The van der Waals surface area contributed by atoms with E-state index < -0.39 is 5.41 Å². The summed E-state index contributed by atoms with van der Waals surface area (Å²) >= 11 is 8.29. The second kappa shape index (κ2) is 5.14. The highest BCUT2D eigenvalue weighted by molar-refractivity contribution is 9.10. The van der Waals surface area contributed by atoms with Crippen molar-refractivity contribution < 1.29 is 4.79 Å². The van der Waals surface area contributed by atoms with Crippen molar-refractivity contribution in [3.05, 3.63) is 28.2 Å². The molecule has 1 aromatic rings. The van der Waals surface area contributed by atoms with Crippen LogP contribution in [-0.4, -0.2) is 10.9 Å². The topological polar surface area (TPSA) is 55.1 Å². The Kier molecular flexibility index (Phi) is 4.27. The summed E-state index contributed by atoms with van der Waals surface area (Å²) in [5.41, 5.74) is 6.51. The van der Waals surface area contributed by atoms with E-state index in [0.29, 0.717) is 0 Å². The standard InChI is InChI=1S/C12H15BrN2OS/c1-7-4-5-8(6-9(7)13)15-11(16)12(2,3)10(14)17/h4-6H,1-3H3,(H2,14,17)(H,15,16). The number of rotatable bonds is 3. The van der Waals surface area contributed by atoms with Crippen LogP contribution >= 0.6 is 28.1 Å². The molecular formula is C12H15BrN2OS. The Morgan fingerprint density at radius 3 is 2.53 bits per heavy atom. The Hall–Kier alpha value is -0.940. The first-order chi connectivity index (χ1) is 7.75. The second-order valence-corrected chi connectivity index (χ2v) is 5.70. The van der Waals surface area contributed by atoms with Crippen molar-refractivity contribution in [1.82, 2.24) is 0 Å². The molecular weight excluding hydrogens is 300 g/mol. The molecule has 0 fully saturated rings. The monoisotopic (exact) mass is 314 g/mol. The van der Waals surface area contributed by atoms with E-state index in [1.54, 1.807) is 13.8 Å². The molecule has 0 spiro atoms. The zero-order chi connectivity index (χ0) is 13.2. The third-order valence-electron chi connectivity index (χ3n) is 2.61. The SMILES string of the molecule is Cc1ccc(NC(=O)C(C)(C)C(N)=S)cc1Br. The lowest BCUT2D eigenvalue weighted by Crippen LogP contribution is -2.41. The van der Waals surface area contributed by atoms with E-state index in [1.165, 1.54) is 0 Å². The maximum Gasteiger partial charge on any atom is 0.236 e. The molecule has 17 heavy (non-hydrogen) atoms. The van der Waals surface area contributed by atoms with E-state index >= 15 is 0 Å². The van der Waals surface area contributed by atoms with Gasteiger partial charge in [-0.2, -0.15) is 0 Å². The van der Waals surface area contributed by atoms with Crippen LogP contribution in [0.15, 0.2) is 22.7 Å². The minimum atomic E-state index is -0.854. The van der Waals surface area contributed by atoms with Crippen LogP contribution < -0.4 is 11.1 Å². The Balaban J connectivity index is 2.89. The van der Waals surface area contributed by atoms with E-state index in [2.05, 4.69) is 21.2 Å². The van der Waals surface area contributed by atoms with Gasteiger partial charge in [0.1, 0.15) is 0 Å². The zero-order valence-corrected chi connectivity index (χ0v) is 12.4. The lowest BCUT2D eigenvalue weighted by molar-refractivity contribution is -0.121. The summed E-state index contributed by atoms with van der Waals surface area (Å²) in [6, 6.07) is 5.62. The largest absolute Gasteiger partial charge is 0.392 e. The van der Waals surface area contributed by atoms with Gasteiger partial charge in [0.15, 0.2) is 0 Å². The normalized spacial score (nSPS) is 11.1. The Labute approximate surface area is 115 Å². The average Bonchev–Trinajstić information content (AvgIpc) is 2.23. The number of hydrogen-bond acceptors (Lipinski definition) is 2. The van der Waals surface area contributed by atoms with Crippen molar-refractivity contribution in [3.63, 3.8) is 0 Å². The smallest absolute Gasteiger partial charge is 0.236 e. The minimum absolute atomic E-state index is 0.182. The first kappa shape index (κ1) is 14.1. The molecule has 0 saturated carbocycles. The zero-order valence-electron chi connectivity index (χ0n) is 10.0. The number of halogens is 1. The van der Waals surface area contributed by atoms with Gasteiger partial charge in [-0.1, -0.05) is 34.2 Å². The molecule has 0 unspecified atom stereocenters. The number of benzene rings is 1. The van der Waals surface area contributed by atoms with Crippen molar-refractivity contribution in [2.75, 3.05) is 5.32 Å². The molecule has 0 heterocycles. The molecule has 5 heteroatoms. The molecule has 92 valence electrons. The lowest BCUT2D eigenvalue weighted by atomic mass is 9.92. The quantitative estimate of drug-likeness (QED) is 0.843. The van der Waals surface area contributed by atoms with Crippen LogP contribution in [0.1, 0.15) is 19.4 Å². The number of carbonyl (C=O) groups excluding carboxylic acids is 1. The molecule has 1 rings (SSSR count). The fourth-order valence-electron chi connectivity index (χ4n) is 1.07. The maximum atomic E-state index is 12.0. The van der Waals surface area contributed by atoms with Crippen molar-refractivity contribution in [3.8, 4) is 0 Å². The molecule has 0 bridgehead atoms. The molecule has 0 atom stereocenters. The summed E-state index contributed by atoms with van der Waals surface area (Å²) in [6.45, 7) is 5.39. The Bertz CT molecular complexity index is 472. The summed E-state index contributed by atoms with van der Waals surface area (Å²) in [5, 5.41) is 2.80. The van der Waals surface area contributed by atoms with Crippen LogP contribution in [0.25, 0.3) is 0 Å². The average molecular weight is 315 g/mol. The highest BCUT2D eigenvalue weighted by atomic mass is 79.9. The van der Waals surface area contributed by atoms with E-state index in [4.69, 9.17) is 18.0 Å². The third kappa shape index (κ3) is 3.26. The molecule has 3 N–H and O–H groups in total. The molecule has 0 aliphatic rings. The molecule has 0 aromatic heterocycles. The van der Waals surface area contributed by atoms with Crippen molar-refractivity contribution >= 4 is 44.7 Å². The molecule has 1 aromatic carbocycles. The molecule has 3 nitrogen and oxygen atoms in total. The number of nitrogens with two attached hydrogens (primary N) is 1. The maximum absolute atomic E-state index is 12.0. The number of thiocarbonyl (C=S) groups is 1. The van der Waals surface area contributed by atoms with Crippen molar-refractivity contribution in [2.24, 2.45) is 11.1 Å². The van der Waals surface area contributed by atoms with Gasteiger partial charge in [0, 0.05) is 10.2 Å². The summed E-state index contributed by atoms with van der Waals surface area (Å²) in [5.74, 6) is -0.208. The second-order valence-electron chi connectivity index (χ2n) is 4.41. The van der Waals surface area contributed by atoms with Gasteiger partial charge >= 0.3 is 0 Å². The predicted molar refractivity (Wildman–Crippen MR) is 78.1 cm³/mol. The highest BCUT2D eigenvalue weighted by Gasteiger charge is 2.30. The minimum Gasteiger partial charge on any atom is -0.392 e. The molecule has 0 saturated heterocycles. The summed E-state index contributed by atoms with van der Waals surface area (Å²) in [4.78, 5) is 12.2. The summed E-state index contributed by atoms with van der Waals surface area (Å²) < 4.78 is 0.948. The number of nitrogens with one attached hydrogen (secondary N) is 1. The molecule has 0 radical (unpaired) electrons. The number of anilines is 1. The predicted octanol–water partition coefficient (Wildman–Crippen LogP) is 3.01. The van der Waals surface area contributed by atoms with E-state index in [1.807, 2.05) is 25.1 Å². The highest BCUT2D eigenvalue weighted by Crippen LogP contribution is 2.23. The van der Waals surface area contributed by atoms with Gasteiger partial charge in [-0.3, -0.25) is 4.79 Å². The van der Waals surface area contributed by atoms with Gasteiger partial charge in [-0.15, -0.1) is 0 Å². The van der Waals surface area contributed by atoms with Crippen molar-refractivity contribution in [2.45, 2.75) is 20.8 Å². The van der Waals surface area contributed by atoms with Gasteiger partial charge in [-0.25, -0.2) is 0 Å². The third-order valence-corrected chi connectivity index (χ3v) is 3.98. The summed E-state index contributed by atoms with van der Waals surface area (Å²) in [7, 11) is 0. The molecule has 0 aliphatic carbocycles. The van der Waals surface area contributed by atoms with Crippen LogP contribution in [0.2, 0.25) is 0 Å². The van der Waals surface area contributed by atoms with Gasteiger partial charge in [-0.05, 0) is 38.5 Å². The Morgan fingerprint density at radius 2 is 2.06 bits per heavy atom. The molecule has 0 aliphatic heterocycles. The Morgan fingerprint density at radius 1 is 1.47 bits per heavy atom. The number of amides is 1. The number of aryl methyl sites for hydroxylation is 1. The van der Waals surface area contributed by atoms with Crippen molar-refractivity contribution in [1.29, 1.82) is 0 Å². The first-order valence-corrected chi connectivity index (χ1v) is 6.33. The van der Waals surface area contributed by atoms with Crippen LogP contribution in [0.3, 0.4) is 0 Å². The first-order valence-electron chi connectivity index (χ1n) is 5.12. The van der Waals surface area contributed by atoms with Gasteiger partial charge in [0.2, 0.25) is 5.91 Å². The van der Waals surface area contributed by atoms with Crippen LogP contribution in [0, 0.1) is 12.3 Å². The van der Waals surface area contributed by atoms with E-state index in [-0.39, 0.29) is 10.9 Å².